The lowest BCUT2D eigenvalue weighted by Crippen LogP contribution is -2.56. The number of aliphatic carboxylic acids is 1. The molecule has 0 aromatic heterocycles. The first-order chi connectivity index (χ1) is 19.0. The SMILES string of the molecule is O=C(O)CNC(=O)C1CC2(C(c3ccccc3)(c3ccccc3)c3ccccc3O)c3ccccc3NC2N1. The Labute approximate surface area is 226 Å². The minimum absolute atomic E-state index is 0.154. The van der Waals surface area contributed by atoms with Gasteiger partial charge in [0.15, 0.2) is 0 Å². The summed E-state index contributed by atoms with van der Waals surface area (Å²) in [5, 5.41) is 30.4. The Hall–Kier alpha value is -4.62. The van der Waals surface area contributed by atoms with Crippen LogP contribution in [0.15, 0.2) is 109 Å². The zero-order valence-corrected chi connectivity index (χ0v) is 21.2. The van der Waals surface area contributed by atoms with E-state index in [0.29, 0.717) is 6.42 Å². The highest BCUT2D eigenvalue weighted by atomic mass is 16.4. The molecule has 1 amide bonds. The molecule has 3 unspecified atom stereocenters. The molecule has 4 aromatic rings. The number of aromatic hydroxyl groups is 1. The number of carboxylic acids is 1. The third kappa shape index (κ3) is 3.69. The lowest BCUT2D eigenvalue weighted by Gasteiger charge is -2.50. The maximum Gasteiger partial charge on any atom is 0.322 e. The van der Waals surface area contributed by atoms with Gasteiger partial charge in [0.05, 0.1) is 23.0 Å². The second-order valence-corrected chi connectivity index (χ2v) is 10.1. The highest BCUT2D eigenvalue weighted by Crippen LogP contribution is 2.63. The van der Waals surface area contributed by atoms with Gasteiger partial charge < -0.3 is 20.8 Å². The third-order valence-corrected chi connectivity index (χ3v) is 8.22. The number of rotatable bonds is 7. The van der Waals surface area contributed by atoms with Crippen LogP contribution < -0.4 is 16.0 Å². The summed E-state index contributed by atoms with van der Waals surface area (Å²) in [7, 11) is 0. The normalized spacial score (nSPS) is 21.4. The molecule has 0 spiro atoms. The number of anilines is 1. The van der Waals surface area contributed by atoms with Crippen molar-refractivity contribution < 1.29 is 19.8 Å². The van der Waals surface area contributed by atoms with E-state index in [1.807, 2.05) is 72.8 Å². The van der Waals surface area contributed by atoms with E-state index in [0.717, 1.165) is 27.9 Å². The van der Waals surface area contributed by atoms with Crippen LogP contribution in [0.5, 0.6) is 5.75 Å². The van der Waals surface area contributed by atoms with Crippen LogP contribution in [0.25, 0.3) is 0 Å². The zero-order chi connectivity index (χ0) is 27.0. The van der Waals surface area contributed by atoms with E-state index < -0.39 is 35.6 Å². The topological polar surface area (TPSA) is 111 Å². The van der Waals surface area contributed by atoms with Crippen LogP contribution in [0, 0.1) is 0 Å². The molecule has 1 saturated heterocycles. The fourth-order valence-electron chi connectivity index (χ4n) is 6.85. The number of nitrogens with one attached hydrogen (secondary N) is 3. The van der Waals surface area contributed by atoms with Crippen molar-refractivity contribution in [1.29, 1.82) is 0 Å². The number of phenols is 1. The molecule has 3 atom stereocenters. The molecular formula is C32H29N3O4. The van der Waals surface area contributed by atoms with Crippen molar-refractivity contribution in [2.24, 2.45) is 0 Å². The monoisotopic (exact) mass is 519 g/mol. The van der Waals surface area contributed by atoms with Crippen LogP contribution in [-0.2, 0) is 20.4 Å². The molecule has 2 aliphatic heterocycles. The molecule has 7 nitrogen and oxygen atoms in total. The number of hydrogen-bond donors (Lipinski definition) is 5. The van der Waals surface area contributed by atoms with E-state index >= 15 is 0 Å². The van der Waals surface area contributed by atoms with Crippen LogP contribution in [0.4, 0.5) is 5.69 Å². The molecule has 6 rings (SSSR count). The van der Waals surface area contributed by atoms with Gasteiger partial charge >= 0.3 is 5.97 Å². The van der Waals surface area contributed by atoms with E-state index in [9.17, 15) is 19.8 Å². The summed E-state index contributed by atoms with van der Waals surface area (Å²) < 4.78 is 0. The predicted molar refractivity (Wildman–Crippen MR) is 149 cm³/mol. The Kier molecular flexibility index (Phi) is 6.08. The predicted octanol–water partition coefficient (Wildman–Crippen LogP) is 3.98. The van der Waals surface area contributed by atoms with Gasteiger partial charge in [-0.2, -0.15) is 0 Å². The lowest BCUT2D eigenvalue weighted by molar-refractivity contribution is -0.138. The van der Waals surface area contributed by atoms with Crippen molar-refractivity contribution in [3.8, 4) is 5.75 Å². The number of para-hydroxylation sites is 2. The molecule has 196 valence electrons. The van der Waals surface area contributed by atoms with E-state index in [1.165, 1.54) is 0 Å². The average Bonchev–Trinajstić information content (AvgIpc) is 3.49. The molecule has 0 radical (unpaired) electrons. The van der Waals surface area contributed by atoms with Crippen molar-refractivity contribution in [3.05, 3.63) is 131 Å². The second-order valence-electron chi connectivity index (χ2n) is 10.1. The van der Waals surface area contributed by atoms with Gasteiger partial charge in [-0.1, -0.05) is 97.1 Å². The van der Waals surface area contributed by atoms with Crippen molar-refractivity contribution in [3.63, 3.8) is 0 Å². The van der Waals surface area contributed by atoms with Gasteiger partial charge in [-0.25, -0.2) is 0 Å². The zero-order valence-electron chi connectivity index (χ0n) is 21.2. The standard InChI is InChI=1S/C32H29N3O4/c36-27-18-10-8-16-24(27)32(21-11-3-1-4-12-21,22-13-5-2-6-14-22)31-19-26(29(39)33-20-28(37)38)35-30(31)34-25-17-9-7-15-23(25)31/h1-18,26,30,34-36H,19-20H2,(H,33,39)(H,37,38). The van der Waals surface area contributed by atoms with Gasteiger partial charge in [-0.05, 0) is 35.2 Å². The van der Waals surface area contributed by atoms with Crippen LogP contribution >= 0.6 is 0 Å². The number of carboxylic acid groups (broad SMARTS) is 1. The summed E-state index contributed by atoms with van der Waals surface area (Å²) in [6.07, 6.45) is -0.0545. The van der Waals surface area contributed by atoms with Crippen molar-refractivity contribution >= 4 is 17.6 Å². The number of carbonyl (C=O) groups excluding carboxylic acids is 1. The minimum Gasteiger partial charge on any atom is -0.508 e. The maximum atomic E-state index is 13.3. The number of hydrogen-bond acceptors (Lipinski definition) is 5. The smallest absolute Gasteiger partial charge is 0.322 e. The van der Waals surface area contributed by atoms with Gasteiger partial charge in [0.25, 0.3) is 0 Å². The molecule has 4 aromatic carbocycles. The van der Waals surface area contributed by atoms with Gasteiger partial charge in [0.1, 0.15) is 12.3 Å². The molecular weight excluding hydrogens is 490 g/mol. The molecule has 2 aliphatic rings. The lowest BCUT2D eigenvalue weighted by atomic mass is 9.50. The van der Waals surface area contributed by atoms with E-state index in [4.69, 9.17) is 0 Å². The van der Waals surface area contributed by atoms with Crippen LogP contribution in [0.1, 0.15) is 28.7 Å². The molecule has 0 aliphatic carbocycles. The van der Waals surface area contributed by atoms with Crippen LogP contribution in [0.3, 0.4) is 0 Å². The average molecular weight is 520 g/mol. The molecule has 1 fully saturated rings. The van der Waals surface area contributed by atoms with Crippen molar-refractivity contribution in [2.75, 3.05) is 11.9 Å². The fraction of sp³-hybridized carbons (Fsp3) is 0.188. The fourth-order valence-corrected chi connectivity index (χ4v) is 6.85. The maximum absolute atomic E-state index is 13.3. The Balaban J connectivity index is 1.69. The highest BCUT2D eigenvalue weighted by Gasteiger charge is 2.67. The summed E-state index contributed by atoms with van der Waals surface area (Å²) in [5.74, 6) is -1.32. The van der Waals surface area contributed by atoms with Gasteiger partial charge in [0, 0.05) is 11.3 Å². The van der Waals surface area contributed by atoms with Gasteiger partial charge in [-0.3, -0.25) is 14.9 Å². The van der Waals surface area contributed by atoms with E-state index in [1.54, 1.807) is 6.07 Å². The Morgan fingerprint density at radius 2 is 1.44 bits per heavy atom. The molecule has 7 heteroatoms. The number of benzene rings is 4. The first-order valence-electron chi connectivity index (χ1n) is 13.0. The summed E-state index contributed by atoms with van der Waals surface area (Å²) in [4.78, 5) is 24.5. The van der Waals surface area contributed by atoms with Crippen molar-refractivity contribution in [1.82, 2.24) is 10.6 Å². The van der Waals surface area contributed by atoms with Gasteiger partial charge in [-0.15, -0.1) is 0 Å². The first-order valence-corrected chi connectivity index (χ1v) is 13.0. The molecule has 0 saturated carbocycles. The quantitative estimate of drug-likeness (QED) is 0.236. The summed E-state index contributed by atoms with van der Waals surface area (Å²) in [6, 6.07) is 35.0. The third-order valence-electron chi connectivity index (χ3n) is 8.22. The molecule has 0 bridgehead atoms. The largest absolute Gasteiger partial charge is 0.508 e. The molecule has 5 N–H and O–H groups in total. The number of phenolic OH excluding ortho intramolecular Hbond substituents is 1. The number of amides is 1. The van der Waals surface area contributed by atoms with Crippen LogP contribution in [0.2, 0.25) is 0 Å². The number of carbonyl (C=O) groups is 2. The minimum atomic E-state index is -1.10. The van der Waals surface area contributed by atoms with Crippen LogP contribution in [-0.4, -0.2) is 40.8 Å². The summed E-state index contributed by atoms with van der Waals surface area (Å²) in [5.41, 5.74) is 2.89. The molecule has 39 heavy (non-hydrogen) atoms. The Morgan fingerprint density at radius 1 is 0.846 bits per heavy atom. The Bertz CT molecular complexity index is 1490. The Morgan fingerprint density at radius 3 is 2.08 bits per heavy atom. The van der Waals surface area contributed by atoms with E-state index in [-0.39, 0.29) is 11.7 Å². The summed E-state index contributed by atoms with van der Waals surface area (Å²) >= 11 is 0. The number of fused-ring (bicyclic) bond motifs is 3. The highest BCUT2D eigenvalue weighted by molar-refractivity contribution is 5.87. The van der Waals surface area contributed by atoms with E-state index in [2.05, 4.69) is 46.3 Å². The van der Waals surface area contributed by atoms with Crippen molar-refractivity contribution in [2.45, 2.75) is 29.5 Å². The summed E-state index contributed by atoms with van der Waals surface area (Å²) in [6.45, 7) is -0.458. The second kappa shape index (κ2) is 9.60. The first kappa shape index (κ1) is 24.7. The molecule has 2 heterocycles. The van der Waals surface area contributed by atoms with Gasteiger partial charge in [0.2, 0.25) is 5.91 Å².